The van der Waals surface area contributed by atoms with Gasteiger partial charge in [-0.15, -0.1) is 0 Å². The molecule has 5 nitrogen and oxygen atoms in total. The Morgan fingerprint density at radius 2 is 2.06 bits per heavy atom. The fourth-order valence-corrected chi connectivity index (χ4v) is 2.19. The maximum Gasteiger partial charge on any atom is 0.0644 e. The van der Waals surface area contributed by atoms with Gasteiger partial charge in [0.2, 0.25) is 0 Å². The van der Waals surface area contributed by atoms with Crippen LogP contribution in [0, 0.1) is 6.92 Å². The van der Waals surface area contributed by atoms with Gasteiger partial charge in [-0.05, 0) is 19.9 Å². The van der Waals surface area contributed by atoms with E-state index in [1.165, 1.54) is 11.1 Å². The minimum absolute atomic E-state index is 0.173. The molecule has 1 unspecified atom stereocenters. The van der Waals surface area contributed by atoms with Crippen LogP contribution in [0.25, 0.3) is 0 Å². The Bertz CT molecular complexity index is 511. The van der Waals surface area contributed by atoms with Gasteiger partial charge in [0, 0.05) is 37.6 Å². The summed E-state index contributed by atoms with van der Waals surface area (Å²) in [5.41, 5.74) is 3.47. The second-order valence-corrected chi connectivity index (χ2v) is 4.68. The summed E-state index contributed by atoms with van der Waals surface area (Å²) >= 11 is 0. The van der Waals surface area contributed by atoms with Crippen molar-refractivity contribution in [2.45, 2.75) is 26.3 Å². The Labute approximate surface area is 108 Å². The van der Waals surface area contributed by atoms with Gasteiger partial charge in [-0.3, -0.25) is 9.36 Å². The molecule has 0 spiro atoms. The van der Waals surface area contributed by atoms with Crippen LogP contribution >= 0.6 is 0 Å². The Balaban J connectivity index is 2.33. The van der Waals surface area contributed by atoms with Gasteiger partial charge < -0.3 is 5.32 Å². The SMILES string of the molecule is CCCNC(c1cnn(C)c1)c1cn(C)nc1C. The van der Waals surface area contributed by atoms with Crippen LogP contribution in [0.2, 0.25) is 0 Å². The van der Waals surface area contributed by atoms with Crippen LogP contribution in [-0.4, -0.2) is 26.1 Å². The van der Waals surface area contributed by atoms with Crippen molar-refractivity contribution in [1.82, 2.24) is 24.9 Å². The maximum absolute atomic E-state index is 4.42. The van der Waals surface area contributed by atoms with Gasteiger partial charge in [-0.1, -0.05) is 6.92 Å². The average Bonchev–Trinajstić information content (AvgIpc) is 2.87. The largest absolute Gasteiger partial charge is 0.306 e. The zero-order valence-electron chi connectivity index (χ0n) is 11.5. The molecule has 5 heteroatoms. The van der Waals surface area contributed by atoms with Gasteiger partial charge in [-0.25, -0.2) is 0 Å². The third-order valence-electron chi connectivity index (χ3n) is 3.02. The molecule has 2 heterocycles. The molecule has 0 aliphatic heterocycles. The zero-order valence-corrected chi connectivity index (χ0v) is 11.5. The van der Waals surface area contributed by atoms with Crippen molar-refractivity contribution >= 4 is 0 Å². The van der Waals surface area contributed by atoms with Crippen LogP contribution < -0.4 is 5.32 Å². The molecule has 98 valence electrons. The number of nitrogens with zero attached hydrogens (tertiary/aromatic N) is 4. The lowest BCUT2D eigenvalue weighted by atomic mass is 10.0. The van der Waals surface area contributed by atoms with Crippen LogP contribution in [0.3, 0.4) is 0 Å². The fourth-order valence-electron chi connectivity index (χ4n) is 2.19. The van der Waals surface area contributed by atoms with Gasteiger partial charge in [0.25, 0.3) is 0 Å². The molecule has 2 rings (SSSR count). The average molecular weight is 247 g/mol. The minimum atomic E-state index is 0.173. The summed E-state index contributed by atoms with van der Waals surface area (Å²) in [7, 11) is 3.90. The lowest BCUT2D eigenvalue weighted by molar-refractivity contribution is 0.595. The highest BCUT2D eigenvalue weighted by molar-refractivity contribution is 5.30. The Morgan fingerprint density at radius 3 is 2.56 bits per heavy atom. The number of hydrogen-bond acceptors (Lipinski definition) is 3. The summed E-state index contributed by atoms with van der Waals surface area (Å²) in [5, 5.41) is 12.2. The van der Waals surface area contributed by atoms with Gasteiger partial charge >= 0.3 is 0 Å². The summed E-state index contributed by atoms with van der Waals surface area (Å²) in [4.78, 5) is 0. The van der Waals surface area contributed by atoms with Crippen molar-refractivity contribution in [2.75, 3.05) is 6.54 Å². The van der Waals surface area contributed by atoms with Crippen LogP contribution in [0.1, 0.15) is 36.2 Å². The van der Waals surface area contributed by atoms with E-state index >= 15 is 0 Å². The molecule has 0 aliphatic carbocycles. The summed E-state index contributed by atoms with van der Waals surface area (Å²) in [5.74, 6) is 0. The van der Waals surface area contributed by atoms with Crippen LogP contribution in [-0.2, 0) is 14.1 Å². The highest BCUT2D eigenvalue weighted by Gasteiger charge is 2.19. The Morgan fingerprint density at radius 1 is 1.28 bits per heavy atom. The molecule has 2 aromatic rings. The van der Waals surface area contributed by atoms with Crippen molar-refractivity contribution < 1.29 is 0 Å². The Hall–Kier alpha value is -1.62. The van der Waals surface area contributed by atoms with Gasteiger partial charge in [-0.2, -0.15) is 10.2 Å². The second-order valence-electron chi connectivity index (χ2n) is 4.68. The number of hydrogen-bond donors (Lipinski definition) is 1. The van der Waals surface area contributed by atoms with Crippen molar-refractivity contribution in [3.63, 3.8) is 0 Å². The topological polar surface area (TPSA) is 47.7 Å². The number of nitrogens with one attached hydrogen (secondary N) is 1. The van der Waals surface area contributed by atoms with Gasteiger partial charge in [0.05, 0.1) is 17.9 Å². The normalized spacial score (nSPS) is 12.9. The zero-order chi connectivity index (χ0) is 13.1. The van der Waals surface area contributed by atoms with E-state index in [0.717, 1.165) is 18.7 Å². The summed E-state index contributed by atoms with van der Waals surface area (Å²) in [6, 6.07) is 0.173. The van der Waals surface area contributed by atoms with Crippen molar-refractivity contribution in [2.24, 2.45) is 14.1 Å². The van der Waals surface area contributed by atoms with E-state index in [2.05, 4.69) is 34.8 Å². The molecular weight excluding hydrogens is 226 g/mol. The standard InChI is InChI=1S/C13H21N5/c1-5-6-14-13(11-7-15-17(3)8-11)12-9-18(4)16-10(12)2/h7-9,13-14H,5-6H2,1-4H3. The van der Waals surface area contributed by atoms with Crippen LogP contribution in [0.5, 0.6) is 0 Å². The molecule has 2 aromatic heterocycles. The molecule has 0 amide bonds. The molecule has 1 atom stereocenters. The van der Waals surface area contributed by atoms with E-state index in [1.54, 1.807) is 0 Å². The fraction of sp³-hybridized carbons (Fsp3) is 0.538. The summed E-state index contributed by atoms with van der Waals surface area (Å²) < 4.78 is 3.70. The highest BCUT2D eigenvalue weighted by atomic mass is 15.3. The van der Waals surface area contributed by atoms with Crippen molar-refractivity contribution in [3.8, 4) is 0 Å². The third-order valence-corrected chi connectivity index (χ3v) is 3.02. The molecule has 0 saturated heterocycles. The molecule has 0 aliphatic rings. The highest BCUT2D eigenvalue weighted by Crippen LogP contribution is 2.23. The smallest absolute Gasteiger partial charge is 0.0644 e. The molecule has 0 radical (unpaired) electrons. The molecule has 1 N–H and O–H groups in total. The van der Waals surface area contributed by atoms with E-state index in [0.29, 0.717) is 0 Å². The minimum Gasteiger partial charge on any atom is -0.306 e. The first-order valence-electron chi connectivity index (χ1n) is 6.34. The first kappa shape index (κ1) is 12.8. The van der Waals surface area contributed by atoms with Crippen LogP contribution in [0.4, 0.5) is 0 Å². The lowest BCUT2D eigenvalue weighted by Gasteiger charge is -2.16. The Kier molecular flexibility index (Phi) is 3.81. The first-order chi connectivity index (χ1) is 8.61. The van der Waals surface area contributed by atoms with Gasteiger partial charge in [0.15, 0.2) is 0 Å². The quantitative estimate of drug-likeness (QED) is 0.872. The van der Waals surface area contributed by atoms with Crippen LogP contribution in [0.15, 0.2) is 18.6 Å². The molecule has 18 heavy (non-hydrogen) atoms. The molecule has 0 saturated carbocycles. The molecule has 0 bridgehead atoms. The van der Waals surface area contributed by atoms with E-state index < -0.39 is 0 Å². The third kappa shape index (κ3) is 2.61. The van der Waals surface area contributed by atoms with Gasteiger partial charge in [0.1, 0.15) is 0 Å². The van der Waals surface area contributed by atoms with E-state index in [9.17, 15) is 0 Å². The van der Waals surface area contributed by atoms with Crippen molar-refractivity contribution in [1.29, 1.82) is 0 Å². The molecule has 0 aromatic carbocycles. The molecular formula is C13H21N5. The van der Waals surface area contributed by atoms with E-state index in [1.807, 2.05) is 36.6 Å². The van der Waals surface area contributed by atoms with E-state index in [-0.39, 0.29) is 6.04 Å². The maximum atomic E-state index is 4.42. The second kappa shape index (κ2) is 5.35. The number of rotatable bonds is 5. The predicted octanol–water partition coefficient (Wildman–Crippen LogP) is 1.55. The monoisotopic (exact) mass is 247 g/mol. The number of aromatic nitrogens is 4. The first-order valence-corrected chi connectivity index (χ1v) is 6.34. The molecule has 0 fully saturated rings. The van der Waals surface area contributed by atoms with Crippen molar-refractivity contribution in [3.05, 3.63) is 35.4 Å². The summed E-state index contributed by atoms with van der Waals surface area (Å²) in [6.45, 7) is 5.20. The lowest BCUT2D eigenvalue weighted by Crippen LogP contribution is -2.23. The van der Waals surface area contributed by atoms with E-state index in [4.69, 9.17) is 0 Å². The summed E-state index contributed by atoms with van der Waals surface area (Å²) in [6.07, 6.45) is 7.16. The predicted molar refractivity (Wildman–Crippen MR) is 71.3 cm³/mol. The number of aryl methyl sites for hydroxylation is 3.